The zero-order valence-electron chi connectivity index (χ0n) is 24.9. The van der Waals surface area contributed by atoms with Crippen LogP contribution in [0, 0.1) is 0 Å². The normalized spacial score (nSPS) is 19.1. The number of nitrogens with zero attached hydrogens (tertiary/aromatic N) is 1. The van der Waals surface area contributed by atoms with Gasteiger partial charge in [-0.05, 0) is 44.7 Å². The van der Waals surface area contributed by atoms with Crippen molar-refractivity contribution >= 4 is 23.8 Å². The monoisotopic (exact) mass is 597 g/mol. The lowest BCUT2D eigenvalue weighted by Crippen LogP contribution is -2.57. The van der Waals surface area contributed by atoms with Crippen LogP contribution < -0.4 is 21.7 Å². The summed E-state index contributed by atoms with van der Waals surface area (Å²) in [5, 5.41) is 29.2. The molecule has 0 saturated carbocycles. The molecule has 0 bridgehead atoms. The second-order valence-electron chi connectivity index (χ2n) is 11.8. The molecule has 3 rings (SSSR count). The highest BCUT2D eigenvalue weighted by Gasteiger charge is 2.41. The lowest BCUT2D eigenvalue weighted by atomic mass is 10.00. The molecule has 0 aliphatic carbocycles. The van der Waals surface area contributed by atoms with Crippen molar-refractivity contribution in [2.45, 2.75) is 82.5 Å². The average Bonchev–Trinajstić information content (AvgIpc) is 3.37. The number of amides is 4. The quantitative estimate of drug-likeness (QED) is 0.194. The SMILES string of the molecule is CC(C)(C)N1C[C@@H](O)C[C@H]1C(=O)NC[C@@H](O)[C@H](Cc1ccccc1)NC(=O)[C@H](CC(N)=O)NC(=O)OCc1ccccc1. The molecule has 0 unspecified atom stereocenters. The van der Waals surface area contributed by atoms with Crippen molar-refractivity contribution in [1.29, 1.82) is 0 Å². The van der Waals surface area contributed by atoms with Crippen molar-refractivity contribution < 1.29 is 34.1 Å². The van der Waals surface area contributed by atoms with E-state index in [2.05, 4.69) is 16.0 Å². The van der Waals surface area contributed by atoms with Crippen molar-refractivity contribution in [3.05, 3.63) is 71.8 Å². The molecule has 7 N–H and O–H groups in total. The van der Waals surface area contributed by atoms with Gasteiger partial charge in [-0.1, -0.05) is 60.7 Å². The molecule has 0 spiro atoms. The van der Waals surface area contributed by atoms with Crippen molar-refractivity contribution in [3.63, 3.8) is 0 Å². The highest BCUT2D eigenvalue weighted by Crippen LogP contribution is 2.26. The smallest absolute Gasteiger partial charge is 0.408 e. The maximum Gasteiger partial charge on any atom is 0.408 e. The highest BCUT2D eigenvalue weighted by atomic mass is 16.5. The Morgan fingerprint density at radius 3 is 2.19 bits per heavy atom. The Morgan fingerprint density at radius 1 is 1.00 bits per heavy atom. The number of hydrogen-bond acceptors (Lipinski definition) is 8. The van der Waals surface area contributed by atoms with E-state index in [0.717, 1.165) is 11.1 Å². The number of β-amino-alcohol motifs (C(OH)–C–C–N with tert-alkyl or cyclic N) is 1. The van der Waals surface area contributed by atoms with E-state index in [1.807, 2.05) is 62.1 Å². The minimum absolute atomic E-state index is 0.0444. The van der Waals surface area contributed by atoms with Crippen molar-refractivity contribution in [2.75, 3.05) is 13.1 Å². The zero-order valence-corrected chi connectivity index (χ0v) is 24.9. The van der Waals surface area contributed by atoms with Gasteiger partial charge in [0.15, 0.2) is 0 Å². The van der Waals surface area contributed by atoms with Gasteiger partial charge in [-0.3, -0.25) is 19.3 Å². The molecular weight excluding hydrogens is 554 g/mol. The zero-order chi connectivity index (χ0) is 31.6. The number of aliphatic hydroxyl groups is 2. The van der Waals surface area contributed by atoms with Crippen molar-refractivity contribution in [1.82, 2.24) is 20.9 Å². The van der Waals surface area contributed by atoms with E-state index in [1.165, 1.54) is 0 Å². The summed E-state index contributed by atoms with van der Waals surface area (Å²) in [7, 11) is 0. The number of primary amides is 1. The number of hydrogen-bond donors (Lipinski definition) is 6. The van der Waals surface area contributed by atoms with Crippen LogP contribution in [-0.2, 0) is 32.1 Å². The highest BCUT2D eigenvalue weighted by molar-refractivity contribution is 5.90. The molecule has 2 aromatic carbocycles. The third-order valence-electron chi connectivity index (χ3n) is 7.25. The molecule has 1 heterocycles. The van der Waals surface area contributed by atoms with Gasteiger partial charge in [-0.2, -0.15) is 0 Å². The number of alkyl carbamates (subject to hydrolysis) is 1. The number of nitrogens with one attached hydrogen (secondary N) is 3. The number of likely N-dealkylation sites (tertiary alicyclic amines) is 1. The average molecular weight is 598 g/mol. The summed E-state index contributed by atoms with van der Waals surface area (Å²) >= 11 is 0. The lowest BCUT2D eigenvalue weighted by Gasteiger charge is -2.36. The molecule has 1 aliphatic heterocycles. The Bertz CT molecular complexity index is 1220. The topological polar surface area (TPSA) is 183 Å². The van der Waals surface area contributed by atoms with Gasteiger partial charge in [0, 0.05) is 18.6 Å². The van der Waals surface area contributed by atoms with Crippen LogP contribution in [0.15, 0.2) is 60.7 Å². The fraction of sp³-hybridized carbons (Fsp3) is 0.484. The largest absolute Gasteiger partial charge is 0.445 e. The molecule has 4 amide bonds. The lowest BCUT2D eigenvalue weighted by molar-refractivity contribution is -0.128. The van der Waals surface area contributed by atoms with Crippen LogP contribution in [0.25, 0.3) is 0 Å². The third-order valence-corrected chi connectivity index (χ3v) is 7.25. The number of rotatable bonds is 13. The first-order chi connectivity index (χ1) is 20.3. The summed E-state index contributed by atoms with van der Waals surface area (Å²) in [6.45, 7) is 6.00. The van der Waals surface area contributed by atoms with Gasteiger partial charge in [0.1, 0.15) is 12.6 Å². The number of benzene rings is 2. The van der Waals surface area contributed by atoms with Crippen LogP contribution >= 0.6 is 0 Å². The van der Waals surface area contributed by atoms with Gasteiger partial charge < -0.3 is 36.6 Å². The second-order valence-corrected chi connectivity index (χ2v) is 11.8. The van der Waals surface area contributed by atoms with E-state index < -0.39 is 54.7 Å². The van der Waals surface area contributed by atoms with E-state index in [4.69, 9.17) is 10.5 Å². The molecule has 2 aromatic rings. The van der Waals surface area contributed by atoms with Crippen LogP contribution in [0.3, 0.4) is 0 Å². The van der Waals surface area contributed by atoms with Crippen molar-refractivity contribution in [3.8, 4) is 0 Å². The van der Waals surface area contributed by atoms with Crippen LogP contribution in [0.1, 0.15) is 44.7 Å². The Kier molecular flexibility index (Phi) is 12.0. The van der Waals surface area contributed by atoms with Crippen LogP contribution in [-0.4, -0.2) is 87.9 Å². The molecular formula is C31H43N5O7. The predicted octanol–water partition coefficient (Wildman–Crippen LogP) is 0.595. The van der Waals surface area contributed by atoms with E-state index >= 15 is 0 Å². The molecule has 234 valence electrons. The third kappa shape index (κ3) is 10.7. The summed E-state index contributed by atoms with van der Waals surface area (Å²) in [5.41, 5.74) is 6.53. The number of carbonyl (C=O) groups is 4. The van der Waals surface area contributed by atoms with Gasteiger partial charge in [-0.25, -0.2) is 4.79 Å². The van der Waals surface area contributed by atoms with Gasteiger partial charge in [0.05, 0.1) is 30.7 Å². The molecule has 1 fully saturated rings. The summed E-state index contributed by atoms with van der Waals surface area (Å²) < 4.78 is 5.19. The molecule has 0 radical (unpaired) electrons. The summed E-state index contributed by atoms with van der Waals surface area (Å²) in [6.07, 6.45) is -2.82. The molecule has 12 nitrogen and oxygen atoms in total. The number of ether oxygens (including phenoxy) is 1. The molecule has 1 aliphatic rings. The maximum atomic E-state index is 13.3. The van der Waals surface area contributed by atoms with Crippen LogP contribution in [0.5, 0.6) is 0 Å². The minimum atomic E-state index is -1.36. The first-order valence-corrected chi connectivity index (χ1v) is 14.3. The predicted molar refractivity (Wildman–Crippen MR) is 159 cm³/mol. The fourth-order valence-corrected chi connectivity index (χ4v) is 5.02. The van der Waals surface area contributed by atoms with Gasteiger partial charge in [0.2, 0.25) is 17.7 Å². The van der Waals surface area contributed by atoms with Crippen LogP contribution in [0.2, 0.25) is 0 Å². The second kappa shape index (κ2) is 15.5. The van der Waals surface area contributed by atoms with Gasteiger partial charge in [0.25, 0.3) is 0 Å². The van der Waals surface area contributed by atoms with Crippen molar-refractivity contribution in [2.24, 2.45) is 5.73 Å². The molecule has 0 aromatic heterocycles. The van der Waals surface area contributed by atoms with E-state index in [9.17, 15) is 29.4 Å². The number of carbonyl (C=O) groups excluding carboxylic acids is 4. The van der Waals surface area contributed by atoms with Gasteiger partial charge in [-0.15, -0.1) is 0 Å². The Balaban J connectivity index is 1.68. The van der Waals surface area contributed by atoms with E-state index in [1.54, 1.807) is 24.3 Å². The Hall–Kier alpha value is -4.00. The number of aliphatic hydroxyl groups excluding tert-OH is 2. The first kappa shape index (κ1) is 33.5. The standard InChI is InChI=1S/C31H43N5O7/c1-31(2,3)36-18-22(37)15-25(36)29(41)33-17-26(38)23(14-20-10-6-4-7-11-20)34-28(40)24(16-27(32)39)35-30(42)43-19-21-12-8-5-9-13-21/h4-13,22-26,37-38H,14-19H2,1-3H3,(H2,32,39)(H,33,41)(H,34,40)(H,35,42)/t22-,23-,24-,25-,26+/m0/s1. The summed E-state index contributed by atoms with van der Waals surface area (Å²) in [4.78, 5) is 52.5. The van der Waals surface area contributed by atoms with Crippen LogP contribution in [0.4, 0.5) is 4.79 Å². The molecule has 1 saturated heterocycles. The minimum Gasteiger partial charge on any atom is -0.445 e. The number of nitrogens with two attached hydrogens (primary N) is 1. The first-order valence-electron chi connectivity index (χ1n) is 14.3. The Labute approximate surface area is 252 Å². The summed E-state index contributed by atoms with van der Waals surface area (Å²) in [5.74, 6) is -1.91. The fourth-order valence-electron chi connectivity index (χ4n) is 5.02. The summed E-state index contributed by atoms with van der Waals surface area (Å²) in [6, 6.07) is 15.2. The molecule has 5 atom stereocenters. The van der Waals surface area contributed by atoms with E-state index in [0.29, 0.717) is 6.54 Å². The molecule has 43 heavy (non-hydrogen) atoms. The molecule has 12 heteroatoms. The Morgan fingerprint density at radius 2 is 1.60 bits per heavy atom. The maximum absolute atomic E-state index is 13.3. The van der Waals surface area contributed by atoms with E-state index in [-0.39, 0.29) is 37.4 Å². The van der Waals surface area contributed by atoms with Gasteiger partial charge >= 0.3 is 6.09 Å².